The van der Waals surface area contributed by atoms with Gasteiger partial charge in [0.05, 0.1) is 0 Å². The van der Waals surface area contributed by atoms with Crippen LogP contribution in [0.2, 0.25) is 0 Å². The van der Waals surface area contributed by atoms with Gasteiger partial charge in [0.2, 0.25) is 0 Å². The van der Waals surface area contributed by atoms with Gasteiger partial charge in [-0.2, -0.15) is 23.5 Å². The molecule has 0 saturated carbocycles. The van der Waals surface area contributed by atoms with E-state index in [0.29, 0.717) is 0 Å². The molecule has 0 spiro atoms. The van der Waals surface area contributed by atoms with Crippen molar-refractivity contribution in [2.75, 3.05) is 0 Å². The molecule has 0 aromatic heterocycles. The van der Waals surface area contributed by atoms with Crippen LogP contribution in [0.25, 0.3) is 0 Å². The van der Waals surface area contributed by atoms with Crippen LogP contribution >= 0.6 is 23.5 Å². The Morgan fingerprint density at radius 1 is 0.409 bits per heavy atom. The van der Waals surface area contributed by atoms with Gasteiger partial charge >= 0.3 is 118 Å². The molecule has 2 radical (unpaired) electrons. The molecule has 0 rings (SSSR count). The second-order valence-electron chi connectivity index (χ2n) is 1.34. The van der Waals surface area contributed by atoms with Crippen molar-refractivity contribution < 1.29 is 158 Å². The van der Waals surface area contributed by atoms with Crippen molar-refractivity contribution in [3.8, 4) is 0 Å². The van der Waals surface area contributed by atoms with Crippen molar-refractivity contribution in [2.24, 2.45) is 0 Å². The first-order valence-electron chi connectivity index (χ1n) is 2.19. The van der Waals surface area contributed by atoms with Crippen LogP contribution in [0.5, 0.6) is 0 Å². The Morgan fingerprint density at radius 2 is 0.409 bits per heavy atom. The summed E-state index contributed by atoms with van der Waals surface area (Å²) in [5.74, 6) is 0. The van der Waals surface area contributed by atoms with Crippen molar-refractivity contribution in [2.45, 2.75) is 0 Å². The van der Waals surface area contributed by atoms with E-state index in [1.54, 1.807) is 0 Å². The third kappa shape index (κ3) is 785. The summed E-state index contributed by atoms with van der Waals surface area (Å²) in [4.78, 5) is 76.9. The minimum Gasteiger partial charge on any atom is -0.870 e. The molecule has 0 aliphatic heterocycles. The van der Waals surface area contributed by atoms with Crippen LogP contribution in [0.1, 0.15) is 0 Å². The van der Waals surface area contributed by atoms with Crippen molar-refractivity contribution in [1.82, 2.24) is 0 Å². The summed E-state index contributed by atoms with van der Waals surface area (Å²) in [6, 6.07) is 0. The molecular weight excluding hydrogens is 667 g/mol. The molecule has 0 fully saturated rings. The second-order valence-corrected chi connectivity index (χ2v) is 4.02. The van der Waals surface area contributed by atoms with E-state index in [4.69, 9.17) is 57.7 Å². The van der Waals surface area contributed by atoms with Gasteiger partial charge in [-0.25, -0.2) is 0 Å². The summed E-state index contributed by atoms with van der Waals surface area (Å²) in [6.45, 7) is 0. The number of phosphoric acid groups is 3. The van der Waals surface area contributed by atoms with Gasteiger partial charge in [0.15, 0.2) is 0 Å². The van der Waals surface area contributed by atoms with Crippen molar-refractivity contribution in [3.05, 3.63) is 0 Å². The monoisotopic (exact) mass is 670 g/mol. The average Bonchev–Trinajstić information content (AvgIpc) is 1.41. The second kappa shape index (κ2) is 29.8. The molecule has 0 saturated heterocycles. The molecule has 0 aliphatic carbocycles. The Kier molecular flexibility index (Phi) is 85.9. The Hall–Kier alpha value is 4.03. The van der Waals surface area contributed by atoms with Gasteiger partial charge in [-0.05, 0) is 0 Å². The van der Waals surface area contributed by atoms with Gasteiger partial charge in [0.25, 0.3) is 0 Å². The van der Waals surface area contributed by atoms with Gasteiger partial charge in [0, 0.05) is 0 Å². The minimum absolute atomic E-state index is 0. The summed E-state index contributed by atoms with van der Waals surface area (Å²) < 4.78 is 25.6. The van der Waals surface area contributed by atoms with E-state index >= 15 is 0 Å². The summed E-state index contributed by atoms with van der Waals surface area (Å²) in [5.41, 5.74) is 0. The first-order valence-corrected chi connectivity index (χ1v) is 6.57. The van der Waals surface area contributed by atoms with Gasteiger partial charge < -0.3 is 74.2 Å². The summed E-state index contributed by atoms with van der Waals surface area (Å²) in [6.07, 6.45) is 0. The van der Waals surface area contributed by atoms with Crippen LogP contribution in [-0.4, -0.2) is 51.2 Å². The van der Waals surface area contributed by atoms with Crippen LogP contribution in [-0.2, 0) is 13.7 Å². The molecule has 0 aromatic carbocycles. The third-order valence-corrected chi connectivity index (χ3v) is 0. The zero-order valence-corrected chi connectivity index (χ0v) is 21.0. The predicted molar refractivity (Wildman–Crippen MR) is 40.1 cm³/mol. The van der Waals surface area contributed by atoms with E-state index in [9.17, 15) is 0 Å². The van der Waals surface area contributed by atoms with Crippen LogP contribution in [0.15, 0.2) is 0 Å². The molecule has 0 heterocycles. The molecule has 3 N–H and O–H groups in total. The van der Waals surface area contributed by atoms with Gasteiger partial charge in [0.1, 0.15) is 0 Å². The predicted octanol–water partition coefficient (Wildman–Crippen LogP) is -9.77. The first kappa shape index (κ1) is 63.5. The normalized spacial score (nSPS) is 8.05. The third-order valence-electron chi connectivity index (χ3n) is 0. The fraction of sp³-hybridized carbons (Fsp3) is 0. The molecule has 0 amide bonds. The number of hydrogen-bond donors (Lipinski definition) is 0. The quantitative estimate of drug-likeness (QED) is 0.171. The van der Waals surface area contributed by atoms with E-state index in [1.165, 1.54) is 0 Å². The first-order chi connectivity index (χ1) is 6.00. The minimum atomic E-state index is -5.39. The maximum atomic E-state index is 8.55. The summed E-state index contributed by atoms with van der Waals surface area (Å²) >= 11 is 0. The largest absolute Gasteiger partial charge is 3.00 e. The van der Waals surface area contributed by atoms with Gasteiger partial charge in [-0.1, -0.05) is 0 Å². The molecule has 0 aromatic rings. The molecule has 0 bridgehead atoms. The Morgan fingerprint density at radius 3 is 0.409 bits per heavy atom. The SMILES string of the molecule is O=P([O-])([O-])[O-].O=P([O-])([O-])[O-].O=P([O-])([O-])[O-].[Al+3].[Al+3].[Ce+3].[Ce+3].[OH-].[OH-].[OH-]. The van der Waals surface area contributed by atoms with Crippen molar-refractivity contribution >= 4 is 58.2 Å². The van der Waals surface area contributed by atoms with Crippen LogP contribution in [0.4, 0.5) is 0 Å². The van der Waals surface area contributed by atoms with Crippen LogP contribution in [0.3, 0.4) is 0 Å². The molecule has 0 atom stereocenters. The van der Waals surface area contributed by atoms with E-state index in [-0.39, 0.29) is 135 Å². The van der Waals surface area contributed by atoms with Crippen molar-refractivity contribution in [3.63, 3.8) is 0 Å². The molecule has 0 unspecified atom stereocenters. The maximum Gasteiger partial charge on any atom is 3.00 e. The van der Waals surface area contributed by atoms with E-state index in [0.717, 1.165) is 0 Å². The summed E-state index contributed by atoms with van der Waals surface area (Å²) in [7, 11) is -16.2. The van der Waals surface area contributed by atoms with Crippen molar-refractivity contribution in [1.29, 1.82) is 0 Å². The number of rotatable bonds is 0. The summed E-state index contributed by atoms with van der Waals surface area (Å²) in [5, 5.41) is 0. The van der Waals surface area contributed by atoms with Gasteiger partial charge in [-0.3, -0.25) is 0 Å². The zero-order valence-electron chi connectivity index (χ0n) is 9.74. The number of hydrogen-bond acceptors (Lipinski definition) is 15. The Bertz CT molecular complexity index is 217. The molecule has 15 nitrogen and oxygen atoms in total. The average molecular weight is 670 g/mol. The van der Waals surface area contributed by atoms with Crippen LogP contribution in [0, 0.1) is 83.5 Å². The van der Waals surface area contributed by atoms with E-state index < -0.39 is 23.5 Å². The zero-order chi connectivity index (χ0) is 13.5. The Balaban J connectivity index is -0.0000000106. The molecule has 0 aliphatic rings. The molecular formula is H3Al2Ce2O15P3. The molecule has 122 valence electrons. The smallest absolute Gasteiger partial charge is 0.870 e. The molecule has 22 heavy (non-hydrogen) atoms. The Labute approximate surface area is 212 Å². The fourth-order valence-electron chi connectivity index (χ4n) is 0. The molecule has 22 heteroatoms. The maximum absolute atomic E-state index is 8.55. The van der Waals surface area contributed by atoms with Crippen LogP contribution < -0.4 is 44.0 Å². The van der Waals surface area contributed by atoms with E-state index in [2.05, 4.69) is 0 Å². The van der Waals surface area contributed by atoms with E-state index in [1.807, 2.05) is 0 Å². The fourth-order valence-corrected chi connectivity index (χ4v) is 0. The topological polar surface area (TPSA) is 349 Å². The standard InChI is InChI=1S/2Al.2Ce.3H3O4P.3H2O/c;;;;3*1-5(2,3)4;;;/h;;;;3*(H3,1,2,3,4);3*1H2/q4*+3;;;;;;/p-12. The van der Waals surface area contributed by atoms with Gasteiger partial charge in [-0.15, -0.1) is 0 Å².